The molecule has 10 nitrogen and oxygen atoms in total. The molecule has 4 aliphatic heterocycles. The second-order valence-electron chi connectivity index (χ2n) is 8.95. The van der Waals surface area contributed by atoms with E-state index in [0.717, 1.165) is 44.5 Å². The predicted octanol–water partition coefficient (Wildman–Crippen LogP) is 2.11. The summed E-state index contributed by atoms with van der Waals surface area (Å²) in [4.78, 5) is 36.9. The van der Waals surface area contributed by atoms with Gasteiger partial charge in [-0.1, -0.05) is 0 Å². The zero-order chi connectivity index (χ0) is 23.7. The summed E-state index contributed by atoms with van der Waals surface area (Å²) in [6.45, 7) is 3.15. The highest BCUT2D eigenvalue weighted by molar-refractivity contribution is 6.01. The molecule has 3 fully saturated rings. The first-order chi connectivity index (χ1) is 16.6. The fourth-order valence-electron chi connectivity index (χ4n) is 5.06. The molecule has 1 atom stereocenters. The number of aryl methyl sites for hydroxylation is 1. The van der Waals surface area contributed by atoms with Crippen LogP contribution < -0.4 is 15.0 Å². The molecule has 2 aromatic heterocycles. The van der Waals surface area contributed by atoms with Crippen molar-refractivity contribution in [2.24, 2.45) is 5.92 Å². The van der Waals surface area contributed by atoms with Gasteiger partial charge in [-0.15, -0.1) is 0 Å². The highest BCUT2D eigenvalue weighted by Crippen LogP contribution is 2.33. The first-order valence-electron chi connectivity index (χ1n) is 11.6. The lowest BCUT2D eigenvalue weighted by molar-refractivity contribution is -0.00789. The van der Waals surface area contributed by atoms with Crippen molar-refractivity contribution in [3.63, 3.8) is 0 Å². The van der Waals surface area contributed by atoms with Crippen molar-refractivity contribution in [1.29, 1.82) is 5.26 Å². The van der Waals surface area contributed by atoms with E-state index in [4.69, 9.17) is 4.74 Å². The Bertz CT molecular complexity index is 1150. The quantitative estimate of drug-likeness (QED) is 0.646. The molecule has 0 saturated carbocycles. The van der Waals surface area contributed by atoms with Crippen molar-refractivity contribution in [1.82, 2.24) is 14.9 Å². The van der Waals surface area contributed by atoms with E-state index in [9.17, 15) is 20.0 Å². The Morgan fingerprint density at radius 1 is 1.32 bits per heavy atom. The summed E-state index contributed by atoms with van der Waals surface area (Å²) in [6, 6.07) is 5.01. The van der Waals surface area contributed by atoms with Gasteiger partial charge < -0.3 is 9.84 Å². The van der Waals surface area contributed by atoms with E-state index in [1.165, 1.54) is 11.1 Å². The molecule has 2 amide bonds. The fraction of sp³-hybridized carbons (Fsp3) is 0.458. The van der Waals surface area contributed by atoms with E-state index in [0.29, 0.717) is 47.9 Å². The Hall–Kier alpha value is -3.55. The summed E-state index contributed by atoms with van der Waals surface area (Å²) in [5.41, 5.74) is 1.69. The third-order valence-electron chi connectivity index (χ3n) is 6.90. The lowest BCUT2D eigenvalue weighted by Gasteiger charge is -2.44. The number of rotatable bonds is 5. The van der Waals surface area contributed by atoms with Gasteiger partial charge in [-0.05, 0) is 56.3 Å². The van der Waals surface area contributed by atoms with Gasteiger partial charge in [0.1, 0.15) is 40.8 Å². The largest absolute Gasteiger partial charge is 0.487 e. The Kier molecular flexibility index (Phi) is 6.13. The van der Waals surface area contributed by atoms with Gasteiger partial charge in [0.2, 0.25) is 0 Å². The molecule has 0 aliphatic carbocycles. The topological polar surface area (TPSA) is 132 Å². The number of piperidine rings is 3. The molecular weight excluding hydrogens is 436 g/mol. The number of carbonyl (C=O) groups is 2. The number of aldehydes is 1. The van der Waals surface area contributed by atoms with Crippen molar-refractivity contribution in [3.8, 4) is 11.8 Å². The average molecular weight is 463 g/mol. The van der Waals surface area contributed by atoms with Crippen molar-refractivity contribution in [2.75, 3.05) is 36.4 Å². The van der Waals surface area contributed by atoms with Gasteiger partial charge in [0.25, 0.3) is 0 Å². The SMILES string of the molecule is N#Cc1cnc(NC(=O)N2CCCc3cc(CO)c(C=O)nc32)cc1OC1CN2CCC1CC2. The number of aliphatic hydroxyl groups excluding tert-OH is 1. The minimum Gasteiger partial charge on any atom is -0.487 e. The standard InChI is InChI=1S/C24H26N6O4/c25-10-18-11-26-22(9-20(18)34-21-12-29-6-3-15(21)4-7-29)28-24(33)30-5-1-2-16-8-17(13-31)19(14-32)27-23(16)30/h8-9,11,14-15,21,31H,1-7,12-13H2,(H,26,28,33). The van der Waals surface area contributed by atoms with E-state index < -0.39 is 6.03 Å². The van der Waals surface area contributed by atoms with Crippen LogP contribution in [0, 0.1) is 17.2 Å². The van der Waals surface area contributed by atoms with E-state index in [1.807, 2.05) is 0 Å². The number of ether oxygens (including phenoxy) is 1. The first kappa shape index (κ1) is 22.3. The van der Waals surface area contributed by atoms with E-state index in [1.54, 1.807) is 12.1 Å². The summed E-state index contributed by atoms with van der Waals surface area (Å²) < 4.78 is 6.25. The molecule has 2 aromatic rings. The Balaban J connectivity index is 1.36. The van der Waals surface area contributed by atoms with Gasteiger partial charge in [-0.3, -0.25) is 19.9 Å². The van der Waals surface area contributed by atoms with Crippen molar-refractivity contribution in [2.45, 2.75) is 38.4 Å². The number of urea groups is 1. The highest BCUT2D eigenvalue weighted by Gasteiger charge is 2.36. The smallest absolute Gasteiger partial charge is 0.328 e. The lowest BCUT2D eigenvalue weighted by atomic mass is 9.86. The number of anilines is 2. The number of amides is 2. The minimum atomic E-state index is -0.437. The number of nitrogens with one attached hydrogen (secondary N) is 1. The van der Waals surface area contributed by atoms with Crippen LogP contribution in [0.15, 0.2) is 18.3 Å². The maximum Gasteiger partial charge on any atom is 0.328 e. The molecule has 0 aromatic carbocycles. The van der Waals surface area contributed by atoms with Crippen molar-refractivity contribution in [3.05, 3.63) is 40.7 Å². The van der Waals surface area contributed by atoms with Gasteiger partial charge in [-0.2, -0.15) is 5.26 Å². The van der Waals surface area contributed by atoms with E-state index in [2.05, 4.69) is 26.3 Å². The van der Waals surface area contributed by atoms with Crippen LogP contribution in [0.1, 0.15) is 46.4 Å². The maximum atomic E-state index is 13.1. The number of fused-ring (bicyclic) bond motifs is 4. The van der Waals surface area contributed by atoms with Crippen molar-refractivity contribution >= 4 is 24.0 Å². The highest BCUT2D eigenvalue weighted by atomic mass is 16.5. The van der Waals surface area contributed by atoms with Gasteiger partial charge in [0, 0.05) is 24.7 Å². The molecule has 176 valence electrons. The zero-order valence-corrected chi connectivity index (χ0v) is 18.7. The van der Waals surface area contributed by atoms with Crippen LogP contribution in [0.4, 0.5) is 16.4 Å². The summed E-state index contributed by atoms with van der Waals surface area (Å²) in [5.74, 6) is 1.56. The number of nitriles is 1. The molecule has 10 heteroatoms. The third-order valence-corrected chi connectivity index (χ3v) is 6.90. The normalized spacial score (nSPS) is 23.1. The Morgan fingerprint density at radius 2 is 2.15 bits per heavy atom. The van der Waals surface area contributed by atoms with E-state index in [-0.39, 0.29) is 24.2 Å². The van der Waals surface area contributed by atoms with Crippen LogP contribution in [0.3, 0.4) is 0 Å². The Labute approximate surface area is 197 Å². The molecule has 4 aliphatic rings. The third kappa shape index (κ3) is 4.20. The van der Waals surface area contributed by atoms with Gasteiger partial charge in [0.15, 0.2) is 6.29 Å². The maximum absolute atomic E-state index is 13.1. The molecule has 34 heavy (non-hydrogen) atoms. The minimum absolute atomic E-state index is 0.0150. The van der Waals surface area contributed by atoms with Crippen LogP contribution in [-0.2, 0) is 13.0 Å². The van der Waals surface area contributed by atoms with Crippen LogP contribution in [-0.4, -0.2) is 64.6 Å². The molecule has 1 unspecified atom stereocenters. The molecule has 3 saturated heterocycles. The van der Waals surface area contributed by atoms with Crippen LogP contribution in [0.5, 0.6) is 5.75 Å². The van der Waals surface area contributed by atoms with Gasteiger partial charge in [0.05, 0.1) is 12.8 Å². The van der Waals surface area contributed by atoms with Gasteiger partial charge >= 0.3 is 6.03 Å². The van der Waals surface area contributed by atoms with Crippen molar-refractivity contribution < 1.29 is 19.4 Å². The number of nitrogens with zero attached hydrogens (tertiary/aromatic N) is 5. The Morgan fingerprint density at radius 3 is 2.82 bits per heavy atom. The first-order valence-corrected chi connectivity index (χ1v) is 11.6. The number of aliphatic hydroxyl groups is 1. The number of hydrogen-bond acceptors (Lipinski definition) is 8. The second-order valence-corrected chi connectivity index (χ2v) is 8.95. The van der Waals surface area contributed by atoms with Crippen LogP contribution in [0.2, 0.25) is 0 Å². The second kappa shape index (κ2) is 9.37. The molecule has 2 bridgehead atoms. The van der Waals surface area contributed by atoms with Crippen LogP contribution in [0.25, 0.3) is 0 Å². The summed E-state index contributed by atoms with van der Waals surface area (Å²) in [5, 5.41) is 21.8. The monoisotopic (exact) mass is 462 g/mol. The molecule has 2 N–H and O–H groups in total. The van der Waals surface area contributed by atoms with Gasteiger partial charge in [-0.25, -0.2) is 14.8 Å². The molecular formula is C24H26N6O4. The number of carbonyl (C=O) groups excluding carboxylic acids is 2. The number of hydrogen-bond donors (Lipinski definition) is 2. The molecule has 6 rings (SSSR count). The fourth-order valence-corrected chi connectivity index (χ4v) is 5.06. The lowest BCUT2D eigenvalue weighted by Crippen LogP contribution is -2.52. The summed E-state index contributed by atoms with van der Waals surface area (Å²) >= 11 is 0. The van der Waals surface area contributed by atoms with E-state index >= 15 is 0 Å². The number of aromatic nitrogens is 2. The zero-order valence-electron chi connectivity index (χ0n) is 18.7. The number of pyridine rings is 2. The summed E-state index contributed by atoms with van der Waals surface area (Å²) in [6.07, 6.45) is 5.60. The average Bonchev–Trinajstić information content (AvgIpc) is 2.88. The predicted molar refractivity (Wildman–Crippen MR) is 123 cm³/mol. The molecule has 6 heterocycles. The molecule has 0 spiro atoms. The molecule has 0 radical (unpaired) electrons. The summed E-state index contributed by atoms with van der Waals surface area (Å²) in [7, 11) is 0. The van der Waals surface area contributed by atoms with Crippen LogP contribution >= 0.6 is 0 Å².